The summed E-state index contributed by atoms with van der Waals surface area (Å²) in [5.74, 6) is 0.325. The van der Waals surface area contributed by atoms with Crippen molar-refractivity contribution in [1.82, 2.24) is 0 Å². The molecule has 0 radical (unpaired) electrons. The van der Waals surface area contributed by atoms with E-state index in [-0.39, 0.29) is 24.8 Å². The van der Waals surface area contributed by atoms with Gasteiger partial charge in [0.15, 0.2) is 0 Å². The number of hydrogen-bond donors (Lipinski definition) is 3. The van der Waals surface area contributed by atoms with Gasteiger partial charge in [-0.2, -0.15) is 0 Å². The zero-order valence-corrected chi connectivity index (χ0v) is 11.4. The molecular weight excluding hydrogens is 270 g/mol. The number of sulfonamides is 1. The van der Waals surface area contributed by atoms with E-state index in [4.69, 9.17) is 20.6 Å². The predicted molar refractivity (Wildman–Crippen MR) is 73.1 cm³/mol. The SMILES string of the molecule is COCCS(=O)(=O)Nc1ccc(OCC(=N)N)cc1. The Morgan fingerprint density at radius 3 is 2.53 bits per heavy atom. The fourth-order valence-corrected chi connectivity index (χ4v) is 2.19. The number of nitrogens with one attached hydrogen (secondary N) is 2. The molecule has 0 aliphatic carbocycles. The number of rotatable bonds is 8. The fraction of sp³-hybridized carbons (Fsp3) is 0.364. The van der Waals surface area contributed by atoms with Gasteiger partial charge < -0.3 is 15.2 Å². The van der Waals surface area contributed by atoms with Gasteiger partial charge in [0, 0.05) is 12.8 Å². The number of amidine groups is 1. The molecule has 0 spiro atoms. The minimum Gasteiger partial charge on any atom is -0.486 e. The topological polar surface area (TPSA) is 115 Å². The Balaban J connectivity index is 2.59. The largest absolute Gasteiger partial charge is 0.486 e. The first kappa shape index (κ1) is 15.3. The summed E-state index contributed by atoms with van der Waals surface area (Å²) >= 11 is 0. The van der Waals surface area contributed by atoms with E-state index in [0.29, 0.717) is 11.4 Å². The van der Waals surface area contributed by atoms with Crippen molar-refractivity contribution in [3.8, 4) is 5.75 Å². The van der Waals surface area contributed by atoms with E-state index in [2.05, 4.69) is 4.72 Å². The minimum absolute atomic E-state index is 0.00108. The molecule has 0 bridgehead atoms. The zero-order chi connectivity index (χ0) is 14.3. The van der Waals surface area contributed by atoms with Crippen LogP contribution in [0.15, 0.2) is 24.3 Å². The van der Waals surface area contributed by atoms with Crippen LogP contribution in [0.3, 0.4) is 0 Å². The Kier molecular flexibility index (Phi) is 5.58. The quantitative estimate of drug-likeness (QED) is 0.472. The molecule has 0 fully saturated rings. The van der Waals surface area contributed by atoms with Gasteiger partial charge in [0.1, 0.15) is 18.2 Å². The molecule has 7 nitrogen and oxygen atoms in total. The number of methoxy groups -OCH3 is 1. The maximum absolute atomic E-state index is 11.6. The smallest absolute Gasteiger partial charge is 0.234 e. The van der Waals surface area contributed by atoms with E-state index >= 15 is 0 Å². The first-order valence-corrected chi connectivity index (χ1v) is 7.13. The van der Waals surface area contributed by atoms with Crippen molar-refractivity contribution in [2.75, 3.05) is 30.8 Å². The van der Waals surface area contributed by atoms with Crippen molar-refractivity contribution in [2.24, 2.45) is 5.73 Å². The van der Waals surface area contributed by atoms with Gasteiger partial charge in [-0.3, -0.25) is 10.1 Å². The molecule has 0 amide bonds. The van der Waals surface area contributed by atoms with Gasteiger partial charge in [-0.05, 0) is 24.3 Å². The monoisotopic (exact) mass is 287 g/mol. The molecule has 1 rings (SSSR count). The molecule has 0 heterocycles. The van der Waals surface area contributed by atoms with Gasteiger partial charge in [0.05, 0.1) is 12.4 Å². The van der Waals surface area contributed by atoms with Crippen molar-refractivity contribution in [1.29, 1.82) is 5.41 Å². The third-order valence-electron chi connectivity index (χ3n) is 2.08. The average molecular weight is 287 g/mol. The third-order valence-corrected chi connectivity index (χ3v) is 3.33. The van der Waals surface area contributed by atoms with Gasteiger partial charge in [0.25, 0.3) is 0 Å². The van der Waals surface area contributed by atoms with Crippen molar-refractivity contribution in [2.45, 2.75) is 0 Å². The molecule has 1 aromatic carbocycles. The second kappa shape index (κ2) is 6.95. The molecule has 106 valence electrons. The third kappa shape index (κ3) is 6.07. The summed E-state index contributed by atoms with van der Waals surface area (Å²) in [5, 5.41) is 7.02. The fourth-order valence-electron chi connectivity index (χ4n) is 1.20. The molecule has 0 aliphatic heterocycles. The van der Waals surface area contributed by atoms with Crippen LogP contribution in [0.25, 0.3) is 0 Å². The Hall–Kier alpha value is -1.80. The van der Waals surface area contributed by atoms with Gasteiger partial charge in [0.2, 0.25) is 10.0 Å². The summed E-state index contributed by atoms with van der Waals surface area (Å²) in [6.07, 6.45) is 0. The van der Waals surface area contributed by atoms with Crippen molar-refractivity contribution >= 4 is 21.5 Å². The standard InChI is InChI=1S/C11H17N3O4S/c1-17-6-7-19(15,16)14-9-2-4-10(5-3-9)18-8-11(12)13/h2-5,14H,6-8H2,1H3,(H3,12,13). The number of anilines is 1. The lowest BCUT2D eigenvalue weighted by molar-refractivity contribution is 0.217. The van der Waals surface area contributed by atoms with E-state index in [1.54, 1.807) is 24.3 Å². The van der Waals surface area contributed by atoms with Crippen molar-refractivity contribution in [3.63, 3.8) is 0 Å². The van der Waals surface area contributed by atoms with E-state index < -0.39 is 10.0 Å². The lowest BCUT2D eigenvalue weighted by atomic mass is 10.3. The minimum atomic E-state index is -3.41. The summed E-state index contributed by atoms with van der Waals surface area (Å²) < 4.78 is 35.5. The molecule has 0 saturated carbocycles. The molecule has 4 N–H and O–H groups in total. The van der Waals surface area contributed by atoms with E-state index in [1.165, 1.54) is 7.11 Å². The van der Waals surface area contributed by atoms with Crippen LogP contribution in [0.4, 0.5) is 5.69 Å². The number of ether oxygens (including phenoxy) is 2. The maximum Gasteiger partial charge on any atom is 0.234 e. The lowest BCUT2D eigenvalue weighted by Crippen LogP contribution is -2.20. The highest BCUT2D eigenvalue weighted by atomic mass is 32.2. The Labute approximate surface area is 112 Å². The summed E-state index contributed by atoms with van der Waals surface area (Å²) in [4.78, 5) is 0. The van der Waals surface area contributed by atoms with Crippen LogP contribution in [0, 0.1) is 5.41 Å². The molecular formula is C11H17N3O4S. The highest BCUT2D eigenvalue weighted by Gasteiger charge is 2.09. The second-order valence-electron chi connectivity index (χ2n) is 3.75. The van der Waals surface area contributed by atoms with Gasteiger partial charge in [-0.25, -0.2) is 8.42 Å². The number of hydrogen-bond acceptors (Lipinski definition) is 5. The van der Waals surface area contributed by atoms with Crippen LogP contribution < -0.4 is 15.2 Å². The van der Waals surface area contributed by atoms with Crippen LogP contribution in [0.5, 0.6) is 5.75 Å². The van der Waals surface area contributed by atoms with E-state index in [1.807, 2.05) is 0 Å². The van der Waals surface area contributed by atoms with Gasteiger partial charge >= 0.3 is 0 Å². The van der Waals surface area contributed by atoms with E-state index in [9.17, 15) is 8.42 Å². The summed E-state index contributed by atoms with van der Waals surface area (Å²) in [6.45, 7) is 0.133. The van der Waals surface area contributed by atoms with Crippen molar-refractivity contribution < 1.29 is 17.9 Å². The lowest BCUT2D eigenvalue weighted by Gasteiger charge is -2.09. The molecule has 0 saturated heterocycles. The highest BCUT2D eigenvalue weighted by Crippen LogP contribution is 2.16. The van der Waals surface area contributed by atoms with Gasteiger partial charge in [-0.1, -0.05) is 0 Å². The van der Waals surface area contributed by atoms with Crippen LogP contribution in [0.1, 0.15) is 0 Å². The summed E-state index contributed by atoms with van der Waals surface area (Å²) in [7, 11) is -1.96. The molecule has 8 heteroatoms. The molecule has 0 atom stereocenters. The second-order valence-corrected chi connectivity index (χ2v) is 5.59. The number of nitrogens with two attached hydrogens (primary N) is 1. The molecule has 0 aliphatic rings. The van der Waals surface area contributed by atoms with Crippen LogP contribution in [0.2, 0.25) is 0 Å². The molecule has 0 unspecified atom stereocenters. The Bertz CT molecular complexity index is 513. The Morgan fingerprint density at radius 2 is 2.00 bits per heavy atom. The first-order chi connectivity index (χ1) is 8.93. The molecule has 19 heavy (non-hydrogen) atoms. The summed E-state index contributed by atoms with van der Waals surface area (Å²) in [5.41, 5.74) is 5.59. The Morgan fingerprint density at radius 1 is 1.37 bits per heavy atom. The maximum atomic E-state index is 11.6. The van der Waals surface area contributed by atoms with Crippen LogP contribution in [-0.2, 0) is 14.8 Å². The zero-order valence-electron chi connectivity index (χ0n) is 10.5. The first-order valence-electron chi connectivity index (χ1n) is 5.48. The van der Waals surface area contributed by atoms with Crippen LogP contribution >= 0.6 is 0 Å². The van der Waals surface area contributed by atoms with Gasteiger partial charge in [-0.15, -0.1) is 0 Å². The molecule has 1 aromatic rings. The number of benzene rings is 1. The highest BCUT2D eigenvalue weighted by molar-refractivity contribution is 7.92. The van der Waals surface area contributed by atoms with Crippen molar-refractivity contribution in [3.05, 3.63) is 24.3 Å². The summed E-state index contributed by atoms with van der Waals surface area (Å²) in [6, 6.07) is 6.33. The van der Waals surface area contributed by atoms with Crippen LogP contribution in [-0.4, -0.2) is 40.3 Å². The normalized spacial score (nSPS) is 11.0. The predicted octanol–water partition coefficient (Wildman–Crippen LogP) is 0.389. The van der Waals surface area contributed by atoms with E-state index in [0.717, 1.165) is 0 Å². The molecule has 0 aromatic heterocycles. The average Bonchev–Trinajstić information content (AvgIpc) is 2.35.